The molecule has 0 aromatic heterocycles. The van der Waals surface area contributed by atoms with E-state index in [4.69, 9.17) is 10.8 Å². The number of carboxylic acid groups (broad SMARTS) is 1. The van der Waals surface area contributed by atoms with Crippen molar-refractivity contribution in [3.63, 3.8) is 0 Å². The molecule has 1 aromatic rings. The van der Waals surface area contributed by atoms with Crippen LogP contribution in [0.2, 0.25) is 0 Å². The second-order valence-corrected chi connectivity index (χ2v) is 5.79. The van der Waals surface area contributed by atoms with Crippen molar-refractivity contribution >= 4 is 21.9 Å². The van der Waals surface area contributed by atoms with Crippen LogP contribution in [0.3, 0.4) is 0 Å². The Morgan fingerprint density at radius 3 is 2.56 bits per heavy atom. The molecule has 1 unspecified atom stereocenters. The van der Waals surface area contributed by atoms with E-state index in [1.165, 1.54) is 37.7 Å². The van der Waals surface area contributed by atoms with Gasteiger partial charge in [0.1, 0.15) is 6.04 Å². The molecule has 98 valence electrons. The fourth-order valence-electron chi connectivity index (χ4n) is 2.62. The fraction of sp³-hybridized carbons (Fsp3) is 0.500. The van der Waals surface area contributed by atoms with Gasteiger partial charge >= 0.3 is 5.97 Å². The van der Waals surface area contributed by atoms with E-state index in [-0.39, 0.29) is 0 Å². The van der Waals surface area contributed by atoms with E-state index in [0.29, 0.717) is 11.5 Å². The van der Waals surface area contributed by atoms with Crippen LogP contribution in [-0.4, -0.2) is 11.1 Å². The van der Waals surface area contributed by atoms with Crippen molar-refractivity contribution in [1.29, 1.82) is 0 Å². The zero-order valence-electron chi connectivity index (χ0n) is 10.2. The molecule has 1 aromatic carbocycles. The van der Waals surface area contributed by atoms with E-state index < -0.39 is 12.0 Å². The third-order valence-corrected chi connectivity index (χ3v) is 4.38. The van der Waals surface area contributed by atoms with E-state index in [0.717, 1.165) is 4.47 Å². The quantitative estimate of drug-likeness (QED) is 0.896. The fourth-order valence-corrected chi connectivity index (χ4v) is 3.34. The summed E-state index contributed by atoms with van der Waals surface area (Å²) in [6, 6.07) is 4.77. The van der Waals surface area contributed by atoms with Gasteiger partial charge in [-0.15, -0.1) is 0 Å². The molecule has 0 bridgehead atoms. The molecule has 0 spiro atoms. The van der Waals surface area contributed by atoms with Gasteiger partial charge in [-0.25, -0.2) is 0 Å². The number of halogens is 1. The summed E-state index contributed by atoms with van der Waals surface area (Å²) in [4.78, 5) is 10.9. The van der Waals surface area contributed by atoms with Gasteiger partial charge in [0.15, 0.2) is 0 Å². The first kappa shape index (κ1) is 13.6. The Hall–Kier alpha value is -0.870. The predicted molar refractivity (Wildman–Crippen MR) is 74.5 cm³/mol. The highest BCUT2D eigenvalue weighted by Crippen LogP contribution is 2.37. The van der Waals surface area contributed by atoms with E-state index in [2.05, 4.69) is 15.9 Å². The lowest BCUT2D eigenvalue weighted by atomic mass is 9.83. The largest absolute Gasteiger partial charge is 0.480 e. The number of hydrogen-bond acceptors (Lipinski definition) is 2. The summed E-state index contributed by atoms with van der Waals surface area (Å²) in [5, 5.41) is 8.90. The molecule has 0 radical (unpaired) electrons. The smallest absolute Gasteiger partial charge is 0.325 e. The van der Waals surface area contributed by atoms with E-state index >= 15 is 0 Å². The van der Waals surface area contributed by atoms with Gasteiger partial charge in [0.05, 0.1) is 0 Å². The maximum atomic E-state index is 10.9. The molecule has 3 N–H and O–H groups in total. The molecule has 0 heterocycles. The number of nitrogens with two attached hydrogens (primary N) is 1. The Balaban J connectivity index is 2.21. The predicted octanol–water partition coefficient (Wildman–Crippen LogP) is 3.58. The summed E-state index contributed by atoms with van der Waals surface area (Å²) in [5.41, 5.74) is 7.55. The minimum Gasteiger partial charge on any atom is -0.480 e. The van der Waals surface area contributed by atoms with Crippen molar-refractivity contribution in [2.24, 2.45) is 5.73 Å². The first-order valence-electron chi connectivity index (χ1n) is 6.37. The van der Waals surface area contributed by atoms with Crippen LogP contribution in [-0.2, 0) is 4.79 Å². The van der Waals surface area contributed by atoms with Crippen LogP contribution in [0.1, 0.15) is 55.2 Å². The standard InChI is InChI=1S/C14H18BrNO2/c15-12-8-10(13(16)14(17)18)6-7-11(12)9-4-2-1-3-5-9/h6-9,13H,1-5,16H2,(H,17,18). The average molecular weight is 312 g/mol. The molecule has 4 heteroatoms. The molecule has 1 aliphatic carbocycles. The Morgan fingerprint density at radius 2 is 2.00 bits per heavy atom. The van der Waals surface area contributed by atoms with Gasteiger partial charge in [0.2, 0.25) is 0 Å². The van der Waals surface area contributed by atoms with Crippen molar-refractivity contribution in [3.8, 4) is 0 Å². The van der Waals surface area contributed by atoms with Crippen LogP contribution in [0.15, 0.2) is 22.7 Å². The molecule has 3 nitrogen and oxygen atoms in total. The lowest BCUT2D eigenvalue weighted by Crippen LogP contribution is -2.20. The lowest BCUT2D eigenvalue weighted by molar-refractivity contribution is -0.138. The maximum Gasteiger partial charge on any atom is 0.325 e. The van der Waals surface area contributed by atoms with Gasteiger partial charge < -0.3 is 10.8 Å². The molecule has 1 fully saturated rings. The molecular formula is C14H18BrNO2. The highest BCUT2D eigenvalue weighted by molar-refractivity contribution is 9.10. The third-order valence-electron chi connectivity index (χ3n) is 3.69. The van der Waals surface area contributed by atoms with Crippen molar-refractivity contribution < 1.29 is 9.90 Å². The molecule has 1 saturated carbocycles. The van der Waals surface area contributed by atoms with Crippen molar-refractivity contribution in [2.75, 3.05) is 0 Å². The van der Waals surface area contributed by atoms with Crippen LogP contribution >= 0.6 is 15.9 Å². The third kappa shape index (κ3) is 2.93. The molecule has 0 aliphatic heterocycles. The molecule has 2 rings (SSSR count). The lowest BCUT2D eigenvalue weighted by Gasteiger charge is -2.23. The Kier molecular flexibility index (Phi) is 4.40. The van der Waals surface area contributed by atoms with Gasteiger partial charge in [-0.05, 0) is 36.0 Å². The second kappa shape index (κ2) is 5.85. The number of carbonyl (C=O) groups is 1. The van der Waals surface area contributed by atoms with Crippen LogP contribution < -0.4 is 5.73 Å². The minimum absolute atomic E-state index is 0.600. The van der Waals surface area contributed by atoms with Crippen molar-refractivity contribution in [2.45, 2.75) is 44.1 Å². The normalized spacial score (nSPS) is 18.6. The van der Waals surface area contributed by atoms with Crippen LogP contribution in [0.5, 0.6) is 0 Å². The summed E-state index contributed by atoms with van der Waals surface area (Å²) in [5.74, 6) is -0.393. The van der Waals surface area contributed by atoms with Gasteiger partial charge in [-0.3, -0.25) is 4.79 Å². The van der Waals surface area contributed by atoms with Crippen LogP contribution in [0.4, 0.5) is 0 Å². The monoisotopic (exact) mass is 311 g/mol. The summed E-state index contributed by atoms with van der Waals surface area (Å²) in [6.07, 6.45) is 6.35. The maximum absolute atomic E-state index is 10.9. The zero-order valence-corrected chi connectivity index (χ0v) is 11.8. The van der Waals surface area contributed by atoms with Crippen molar-refractivity contribution in [3.05, 3.63) is 33.8 Å². The molecule has 0 saturated heterocycles. The topological polar surface area (TPSA) is 63.3 Å². The molecule has 0 amide bonds. The molecular weight excluding hydrogens is 294 g/mol. The summed E-state index contributed by atoms with van der Waals surface area (Å²) >= 11 is 3.55. The number of aliphatic carboxylic acids is 1. The number of rotatable bonds is 3. The zero-order chi connectivity index (χ0) is 13.1. The van der Waals surface area contributed by atoms with Crippen LogP contribution in [0, 0.1) is 0 Å². The molecule has 18 heavy (non-hydrogen) atoms. The Labute approximate surface area is 116 Å². The number of hydrogen-bond donors (Lipinski definition) is 2. The van der Waals surface area contributed by atoms with E-state index in [1.807, 2.05) is 18.2 Å². The number of carboxylic acids is 1. The highest BCUT2D eigenvalue weighted by atomic mass is 79.9. The van der Waals surface area contributed by atoms with Gasteiger partial charge in [-0.2, -0.15) is 0 Å². The SMILES string of the molecule is NC(C(=O)O)c1ccc(C2CCCCC2)c(Br)c1. The second-order valence-electron chi connectivity index (χ2n) is 4.93. The molecule has 1 aliphatic rings. The van der Waals surface area contributed by atoms with Gasteiger partial charge in [-0.1, -0.05) is 47.3 Å². The van der Waals surface area contributed by atoms with Crippen molar-refractivity contribution in [1.82, 2.24) is 0 Å². The van der Waals surface area contributed by atoms with Gasteiger partial charge in [0.25, 0.3) is 0 Å². The number of benzene rings is 1. The Bertz CT molecular complexity index is 441. The average Bonchev–Trinajstić information content (AvgIpc) is 2.38. The van der Waals surface area contributed by atoms with Crippen LogP contribution in [0.25, 0.3) is 0 Å². The Morgan fingerprint density at radius 1 is 1.33 bits per heavy atom. The van der Waals surface area contributed by atoms with E-state index in [1.54, 1.807) is 0 Å². The minimum atomic E-state index is -0.993. The van der Waals surface area contributed by atoms with E-state index in [9.17, 15) is 4.79 Å². The highest BCUT2D eigenvalue weighted by Gasteiger charge is 2.20. The first-order valence-corrected chi connectivity index (χ1v) is 7.16. The summed E-state index contributed by atoms with van der Waals surface area (Å²) in [6.45, 7) is 0. The summed E-state index contributed by atoms with van der Waals surface area (Å²) in [7, 11) is 0. The molecule has 1 atom stereocenters. The van der Waals surface area contributed by atoms with Gasteiger partial charge in [0, 0.05) is 4.47 Å². The summed E-state index contributed by atoms with van der Waals surface area (Å²) < 4.78 is 0.989. The first-order chi connectivity index (χ1) is 8.59.